The SMILES string of the molecule is O=[N+]([O-])c1cnc(NCc2ccccc2OC(F)(F)F)nc1NC[C@H]1CC[C@H](N2CC(F)C2)CC1. The third-order valence-electron chi connectivity index (χ3n) is 6.36. The highest BCUT2D eigenvalue weighted by Crippen LogP contribution is 2.32. The zero-order chi connectivity index (χ0) is 25.0. The molecule has 0 amide bonds. The summed E-state index contributed by atoms with van der Waals surface area (Å²) < 4.78 is 55.0. The molecule has 2 aromatic rings. The van der Waals surface area contributed by atoms with Gasteiger partial charge in [-0.3, -0.25) is 15.0 Å². The number of hydrogen-bond acceptors (Lipinski definition) is 8. The number of hydrogen-bond donors (Lipinski definition) is 2. The number of ether oxygens (including phenoxy) is 1. The Labute approximate surface area is 199 Å². The molecule has 13 heteroatoms. The molecule has 0 radical (unpaired) electrons. The first-order valence-corrected chi connectivity index (χ1v) is 11.4. The quantitative estimate of drug-likeness (QED) is 0.295. The van der Waals surface area contributed by atoms with Gasteiger partial charge < -0.3 is 15.4 Å². The summed E-state index contributed by atoms with van der Waals surface area (Å²) in [6.45, 7) is 1.41. The predicted molar refractivity (Wildman–Crippen MR) is 120 cm³/mol. The van der Waals surface area contributed by atoms with Crippen molar-refractivity contribution in [3.8, 4) is 5.75 Å². The molecule has 4 rings (SSSR count). The van der Waals surface area contributed by atoms with Gasteiger partial charge in [0.1, 0.15) is 18.1 Å². The van der Waals surface area contributed by atoms with Crippen molar-refractivity contribution in [1.82, 2.24) is 14.9 Å². The maximum atomic E-state index is 13.1. The third kappa shape index (κ3) is 6.68. The highest BCUT2D eigenvalue weighted by Gasteiger charge is 2.34. The van der Waals surface area contributed by atoms with E-state index in [0.717, 1.165) is 31.9 Å². The molecule has 9 nitrogen and oxygen atoms in total. The van der Waals surface area contributed by atoms with Crippen LogP contribution in [0.1, 0.15) is 31.2 Å². The Balaban J connectivity index is 1.35. The van der Waals surface area contributed by atoms with Crippen molar-refractivity contribution in [2.45, 2.75) is 50.8 Å². The largest absolute Gasteiger partial charge is 0.573 e. The standard InChI is InChI=1S/C22H26F4N6O3/c23-16-12-31(13-16)17-7-5-14(6-8-17)9-27-20-18(32(33)34)11-29-21(30-20)28-10-15-3-1-2-4-19(15)35-22(24,25)26/h1-4,11,14,16-17H,5-10,12-13H2,(H2,27,28,29,30)/t14-,17-. The lowest BCUT2D eigenvalue weighted by molar-refractivity contribution is -0.384. The second-order valence-electron chi connectivity index (χ2n) is 8.80. The highest BCUT2D eigenvalue weighted by atomic mass is 19.4. The topological polar surface area (TPSA) is 105 Å². The number of likely N-dealkylation sites (tertiary alicyclic amines) is 1. The van der Waals surface area contributed by atoms with Crippen LogP contribution in [0.4, 0.5) is 35.0 Å². The normalized spacial score (nSPS) is 21.3. The van der Waals surface area contributed by atoms with Crippen LogP contribution in [0.3, 0.4) is 0 Å². The number of halogens is 4. The van der Waals surface area contributed by atoms with E-state index in [1.54, 1.807) is 6.07 Å². The van der Waals surface area contributed by atoms with Gasteiger partial charge in [0.15, 0.2) is 0 Å². The van der Waals surface area contributed by atoms with Crippen molar-refractivity contribution in [2.75, 3.05) is 30.3 Å². The number of para-hydroxylation sites is 1. The van der Waals surface area contributed by atoms with Gasteiger partial charge in [0, 0.05) is 37.8 Å². The maximum absolute atomic E-state index is 13.1. The van der Waals surface area contributed by atoms with E-state index in [4.69, 9.17) is 0 Å². The predicted octanol–water partition coefficient (Wildman–Crippen LogP) is 4.52. The minimum absolute atomic E-state index is 0.0298. The minimum atomic E-state index is -4.83. The molecule has 1 aliphatic heterocycles. The number of aromatic nitrogens is 2. The van der Waals surface area contributed by atoms with Crippen LogP contribution in [0.25, 0.3) is 0 Å². The molecule has 0 unspecified atom stereocenters. The molecule has 0 atom stereocenters. The highest BCUT2D eigenvalue weighted by molar-refractivity contribution is 5.57. The zero-order valence-electron chi connectivity index (χ0n) is 18.8. The fourth-order valence-electron chi connectivity index (χ4n) is 4.48. The van der Waals surface area contributed by atoms with Gasteiger partial charge in [-0.15, -0.1) is 13.2 Å². The summed E-state index contributed by atoms with van der Waals surface area (Å²) in [5.74, 6) is 0.00865. The average Bonchev–Trinajstić information content (AvgIpc) is 2.79. The summed E-state index contributed by atoms with van der Waals surface area (Å²) >= 11 is 0. The lowest BCUT2D eigenvalue weighted by atomic mass is 9.84. The van der Waals surface area contributed by atoms with E-state index in [9.17, 15) is 27.7 Å². The van der Waals surface area contributed by atoms with E-state index in [-0.39, 0.29) is 35.3 Å². The van der Waals surface area contributed by atoms with Gasteiger partial charge in [-0.2, -0.15) is 4.98 Å². The third-order valence-corrected chi connectivity index (χ3v) is 6.36. The van der Waals surface area contributed by atoms with Crippen LogP contribution in [-0.2, 0) is 6.54 Å². The van der Waals surface area contributed by atoms with Crippen molar-refractivity contribution in [2.24, 2.45) is 5.92 Å². The zero-order valence-corrected chi connectivity index (χ0v) is 18.8. The molecule has 2 heterocycles. The van der Waals surface area contributed by atoms with Gasteiger partial charge in [0.2, 0.25) is 11.8 Å². The van der Waals surface area contributed by atoms with E-state index in [2.05, 4.69) is 30.2 Å². The summed E-state index contributed by atoms with van der Waals surface area (Å²) in [5.41, 5.74) is -0.0704. The first kappa shape index (κ1) is 24.9. The van der Waals surface area contributed by atoms with Crippen molar-refractivity contribution < 1.29 is 27.2 Å². The van der Waals surface area contributed by atoms with Gasteiger partial charge in [0.25, 0.3) is 0 Å². The van der Waals surface area contributed by atoms with Crippen LogP contribution in [0.15, 0.2) is 30.5 Å². The molecule has 1 saturated carbocycles. The Morgan fingerprint density at radius 1 is 1.14 bits per heavy atom. The van der Waals surface area contributed by atoms with Crippen molar-refractivity contribution in [3.63, 3.8) is 0 Å². The number of anilines is 2. The Morgan fingerprint density at radius 2 is 1.86 bits per heavy atom. The molecule has 1 aromatic carbocycles. The Bertz CT molecular complexity index is 1030. The Kier molecular flexibility index (Phi) is 7.53. The van der Waals surface area contributed by atoms with Gasteiger partial charge in [0.05, 0.1) is 4.92 Å². The molecule has 2 N–H and O–H groups in total. The van der Waals surface area contributed by atoms with Crippen LogP contribution >= 0.6 is 0 Å². The summed E-state index contributed by atoms with van der Waals surface area (Å²) in [4.78, 5) is 21.1. The van der Waals surface area contributed by atoms with E-state index >= 15 is 0 Å². The number of alkyl halides is 4. The van der Waals surface area contributed by atoms with Gasteiger partial charge >= 0.3 is 12.0 Å². The summed E-state index contributed by atoms with van der Waals surface area (Å²) in [6.07, 6.45) is -0.739. The monoisotopic (exact) mass is 498 g/mol. The Hall–Kier alpha value is -3.22. The van der Waals surface area contributed by atoms with Crippen molar-refractivity contribution in [1.29, 1.82) is 0 Å². The molecule has 1 aromatic heterocycles. The lowest BCUT2D eigenvalue weighted by Gasteiger charge is -2.43. The lowest BCUT2D eigenvalue weighted by Crippen LogP contribution is -2.54. The molecule has 2 aliphatic rings. The van der Waals surface area contributed by atoms with Crippen molar-refractivity contribution in [3.05, 3.63) is 46.1 Å². The van der Waals surface area contributed by atoms with Crippen LogP contribution in [0, 0.1) is 16.0 Å². The van der Waals surface area contributed by atoms with Gasteiger partial charge in [-0.05, 0) is 37.7 Å². The smallest absolute Gasteiger partial charge is 0.405 e. The van der Waals surface area contributed by atoms with Crippen LogP contribution in [0.5, 0.6) is 5.75 Å². The van der Waals surface area contributed by atoms with Gasteiger partial charge in [-0.1, -0.05) is 18.2 Å². The maximum Gasteiger partial charge on any atom is 0.573 e. The molecule has 1 aliphatic carbocycles. The van der Waals surface area contributed by atoms with Crippen LogP contribution in [0.2, 0.25) is 0 Å². The van der Waals surface area contributed by atoms with Crippen molar-refractivity contribution >= 4 is 17.5 Å². The van der Waals surface area contributed by atoms with Crippen LogP contribution in [-0.4, -0.2) is 58.0 Å². The number of nitrogens with zero attached hydrogens (tertiary/aromatic N) is 4. The molecular weight excluding hydrogens is 472 g/mol. The van der Waals surface area contributed by atoms with Gasteiger partial charge in [-0.25, -0.2) is 9.37 Å². The first-order chi connectivity index (χ1) is 16.7. The average molecular weight is 498 g/mol. The summed E-state index contributed by atoms with van der Waals surface area (Å²) in [5, 5.41) is 17.3. The molecule has 190 valence electrons. The van der Waals surface area contributed by atoms with E-state index < -0.39 is 17.5 Å². The molecule has 0 bridgehead atoms. The number of nitrogens with one attached hydrogen (secondary N) is 2. The molecule has 1 saturated heterocycles. The Morgan fingerprint density at radius 3 is 2.51 bits per heavy atom. The fourth-order valence-corrected chi connectivity index (χ4v) is 4.48. The molecular formula is C22H26F4N6O3. The molecule has 0 spiro atoms. The van der Waals surface area contributed by atoms with E-state index in [1.807, 2.05) is 0 Å². The minimum Gasteiger partial charge on any atom is -0.405 e. The number of rotatable bonds is 9. The van der Waals surface area contributed by atoms with E-state index in [0.29, 0.717) is 31.6 Å². The van der Waals surface area contributed by atoms with Crippen LogP contribution < -0.4 is 15.4 Å². The number of nitro groups is 1. The molecule has 2 fully saturated rings. The fraction of sp³-hybridized carbons (Fsp3) is 0.545. The van der Waals surface area contributed by atoms with E-state index in [1.165, 1.54) is 18.2 Å². The molecule has 35 heavy (non-hydrogen) atoms. The summed E-state index contributed by atoms with van der Waals surface area (Å²) in [7, 11) is 0. The first-order valence-electron chi connectivity index (χ1n) is 11.4. The second kappa shape index (κ2) is 10.6. The second-order valence-corrected chi connectivity index (χ2v) is 8.80. The number of benzene rings is 1. The summed E-state index contributed by atoms with van der Waals surface area (Å²) in [6, 6.07) is 6.04.